The van der Waals surface area contributed by atoms with Gasteiger partial charge in [-0.1, -0.05) is 170 Å². The van der Waals surface area contributed by atoms with Gasteiger partial charge in [0.2, 0.25) is 0 Å². The second kappa shape index (κ2) is 15.7. The van der Waals surface area contributed by atoms with Crippen LogP contribution in [0.25, 0.3) is 82.2 Å². The average Bonchev–Trinajstić information content (AvgIpc) is 3.32. The normalized spacial score (nSPS) is 12.1. The molecule has 1 heterocycles. The first-order valence-corrected chi connectivity index (χ1v) is 19.9. The maximum atomic E-state index is 5.28. The molecule has 0 spiro atoms. The van der Waals surface area contributed by atoms with Crippen LogP contribution in [0.3, 0.4) is 0 Å². The van der Waals surface area contributed by atoms with Gasteiger partial charge in [0.15, 0.2) is 0 Å². The van der Waals surface area contributed by atoms with Gasteiger partial charge >= 0.3 is 0 Å². The molecule has 9 aromatic carbocycles. The van der Waals surface area contributed by atoms with Crippen LogP contribution in [0.15, 0.2) is 223 Å². The number of fused-ring (bicyclic) bond motifs is 7. The third-order valence-electron chi connectivity index (χ3n) is 11.3. The molecule has 10 aromatic rings. The maximum absolute atomic E-state index is 5.28. The van der Waals surface area contributed by atoms with E-state index in [0.717, 1.165) is 50.4 Å². The van der Waals surface area contributed by atoms with Gasteiger partial charge < -0.3 is 0 Å². The molecule has 0 atom stereocenters. The van der Waals surface area contributed by atoms with Crippen molar-refractivity contribution in [2.75, 3.05) is 0 Å². The van der Waals surface area contributed by atoms with E-state index in [0.29, 0.717) is 6.54 Å². The van der Waals surface area contributed by atoms with Crippen LogP contribution in [0, 0.1) is 0 Å². The summed E-state index contributed by atoms with van der Waals surface area (Å²) in [5, 5.41) is 10.1. The van der Waals surface area contributed by atoms with Crippen LogP contribution in [-0.4, -0.2) is 17.4 Å². The van der Waals surface area contributed by atoms with E-state index < -0.39 is 0 Å². The number of allylic oxidation sites excluding steroid dienone is 1. The molecule has 59 heavy (non-hydrogen) atoms. The Labute approximate surface area is 344 Å². The zero-order valence-electron chi connectivity index (χ0n) is 32.5. The van der Waals surface area contributed by atoms with Crippen molar-refractivity contribution in [3.63, 3.8) is 0 Å². The van der Waals surface area contributed by atoms with Crippen molar-refractivity contribution >= 4 is 61.2 Å². The van der Waals surface area contributed by atoms with Gasteiger partial charge in [0.1, 0.15) is 0 Å². The molecule has 0 aliphatic carbocycles. The van der Waals surface area contributed by atoms with Gasteiger partial charge in [0, 0.05) is 23.5 Å². The Balaban J connectivity index is 1.00. The smallest absolute Gasteiger partial charge is 0.0716 e. The number of hydrogen-bond donors (Lipinski definition) is 0. The van der Waals surface area contributed by atoms with E-state index in [1.807, 2.05) is 12.3 Å². The number of hydrogen-bond acceptors (Lipinski definition) is 3. The van der Waals surface area contributed by atoms with Gasteiger partial charge in [-0.05, 0) is 119 Å². The Morgan fingerprint density at radius 3 is 1.73 bits per heavy atom. The van der Waals surface area contributed by atoms with Crippen molar-refractivity contribution in [2.24, 2.45) is 9.98 Å². The summed E-state index contributed by atoms with van der Waals surface area (Å²) in [5.74, 6) is 0. The summed E-state index contributed by atoms with van der Waals surface area (Å²) in [6.07, 6.45) is 5.73. The minimum atomic E-state index is 0.505. The van der Waals surface area contributed by atoms with Gasteiger partial charge in [-0.2, -0.15) is 0 Å². The lowest BCUT2D eigenvalue weighted by molar-refractivity contribution is 1.07. The first kappa shape index (κ1) is 35.6. The van der Waals surface area contributed by atoms with E-state index >= 15 is 0 Å². The molecule has 0 unspecified atom stereocenters. The van der Waals surface area contributed by atoms with E-state index in [-0.39, 0.29) is 0 Å². The molecule has 3 nitrogen and oxygen atoms in total. The molecular weight excluding hydrogens is 715 g/mol. The van der Waals surface area contributed by atoms with Crippen molar-refractivity contribution in [3.8, 4) is 33.4 Å². The fraction of sp³-hybridized carbons (Fsp3) is 0.0179. The lowest BCUT2D eigenvalue weighted by Gasteiger charge is -2.12. The number of pyridine rings is 1. The van der Waals surface area contributed by atoms with E-state index in [2.05, 4.69) is 211 Å². The molecule has 3 heteroatoms. The Kier molecular flexibility index (Phi) is 9.46. The molecule has 0 fully saturated rings. The van der Waals surface area contributed by atoms with Crippen LogP contribution in [0.2, 0.25) is 0 Å². The summed E-state index contributed by atoms with van der Waals surface area (Å²) < 4.78 is 0. The number of aliphatic imine (C=N–C) groups is 2. The molecular formula is C56H39N3. The third kappa shape index (κ3) is 7.11. The highest BCUT2D eigenvalue weighted by molar-refractivity contribution is 6.25. The standard InChI is InChI=1S/C56H39N3/c1-57-55(42-26-23-41(24-27-42)48-14-9-31-58-37-48)35-56(47-13-8-12-44(33-47)45-28-25-39-10-2-3-11-43(39)32-45)59-36-38-19-21-40(22-20-38)46-29-30-53-51-17-5-4-15-49(51)50-16-6-7-18-52(50)54(53)34-46/h2-35,37H,1,36H2/b55-35-,59-56?. The predicted molar refractivity (Wildman–Crippen MR) is 251 cm³/mol. The number of aromatic nitrogens is 1. The number of nitrogens with zero attached hydrogens (tertiary/aromatic N) is 3. The first-order valence-electron chi connectivity index (χ1n) is 19.9. The maximum Gasteiger partial charge on any atom is 0.0716 e. The Morgan fingerprint density at radius 1 is 0.441 bits per heavy atom. The molecule has 0 saturated heterocycles. The number of benzene rings is 9. The van der Waals surface area contributed by atoms with Crippen LogP contribution in [0.4, 0.5) is 0 Å². The van der Waals surface area contributed by atoms with E-state index in [4.69, 9.17) is 4.99 Å². The minimum absolute atomic E-state index is 0.505. The van der Waals surface area contributed by atoms with Crippen LogP contribution in [0.1, 0.15) is 16.7 Å². The molecule has 0 saturated carbocycles. The van der Waals surface area contributed by atoms with Gasteiger partial charge in [-0.15, -0.1) is 0 Å². The molecule has 0 aliphatic heterocycles. The molecule has 0 N–H and O–H groups in total. The van der Waals surface area contributed by atoms with E-state index in [1.165, 1.54) is 54.2 Å². The highest BCUT2D eigenvalue weighted by Crippen LogP contribution is 2.37. The molecule has 1 aromatic heterocycles. The monoisotopic (exact) mass is 753 g/mol. The Bertz CT molecular complexity index is 3200. The molecule has 278 valence electrons. The summed E-state index contributed by atoms with van der Waals surface area (Å²) in [6, 6.07) is 69.3. The molecule has 0 bridgehead atoms. The lowest BCUT2D eigenvalue weighted by Crippen LogP contribution is -2.01. The topological polar surface area (TPSA) is 37.6 Å². The quantitative estimate of drug-likeness (QED) is 0.107. The van der Waals surface area contributed by atoms with E-state index in [1.54, 1.807) is 6.20 Å². The van der Waals surface area contributed by atoms with Crippen LogP contribution >= 0.6 is 0 Å². The summed E-state index contributed by atoms with van der Waals surface area (Å²) in [6.45, 7) is 4.49. The average molecular weight is 754 g/mol. The van der Waals surface area contributed by atoms with Crippen molar-refractivity contribution in [2.45, 2.75) is 6.54 Å². The van der Waals surface area contributed by atoms with Crippen LogP contribution in [-0.2, 0) is 6.54 Å². The summed E-state index contributed by atoms with van der Waals surface area (Å²) in [4.78, 5) is 14.1. The van der Waals surface area contributed by atoms with Gasteiger partial charge in [0.25, 0.3) is 0 Å². The van der Waals surface area contributed by atoms with Crippen LogP contribution < -0.4 is 0 Å². The molecule has 10 rings (SSSR count). The first-order chi connectivity index (χ1) is 29.2. The van der Waals surface area contributed by atoms with Crippen molar-refractivity contribution in [1.29, 1.82) is 0 Å². The SMILES string of the molecule is C=N/C(=C\C(=NCc1ccc(-c2ccc3c4ccccc4c4ccccc4c3c2)cc1)c1cccc(-c2ccc3ccccc3c2)c1)c1ccc(-c2cccnc2)cc1. The third-order valence-corrected chi connectivity index (χ3v) is 11.3. The predicted octanol–water partition coefficient (Wildman–Crippen LogP) is 14.4. The van der Waals surface area contributed by atoms with E-state index in [9.17, 15) is 0 Å². The highest BCUT2D eigenvalue weighted by atomic mass is 14.8. The fourth-order valence-electron chi connectivity index (χ4n) is 8.23. The fourth-order valence-corrected chi connectivity index (χ4v) is 8.23. The minimum Gasteiger partial charge on any atom is -0.280 e. The second-order valence-electron chi connectivity index (χ2n) is 14.9. The summed E-state index contributed by atoms with van der Waals surface area (Å²) >= 11 is 0. The molecule has 0 radical (unpaired) electrons. The zero-order chi connectivity index (χ0) is 39.5. The summed E-state index contributed by atoms with van der Waals surface area (Å²) in [5.41, 5.74) is 11.5. The van der Waals surface area contributed by atoms with Gasteiger partial charge in [0.05, 0.1) is 18.0 Å². The summed E-state index contributed by atoms with van der Waals surface area (Å²) in [7, 11) is 0. The second-order valence-corrected chi connectivity index (χ2v) is 14.9. The van der Waals surface area contributed by atoms with Crippen molar-refractivity contribution < 1.29 is 0 Å². The Morgan fingerprint density at radius 2 is 1.02 bits per heavy atom. The van der Waals surface area contributed by atoms with Crippen molar-refractivity contribution in [3.05, 3.63) is 229 Å². The molecule has 0 amide bonds. The van der Waals surface area contributed by atoms with Gasteiger partial charge in [-0.25, -0.2) is 0 Å². The number of rotatable bonds is 9. The van der Waals surface area contributed by atoms with Crippen molar-refractivity contribution in [1.82, 2.24) is 4.98 Å². The Hall–Kier alpha value is -7.75. The van der Waals surface area contributed by atoms with Crippen LogP contribution in [0.5, 0.6) is 0 Å². The van der Waals surface area contributed by atoms with Gasteiger partial charge in [-0.3, -0.25) is 15.0 Å². The largest absolute Gasteiger partial charge is 0.280 e. The highest BCUT2D eigenvalue weighted by Gasteiger charge is 2.12. The lowest BCUT2D eigenvalue weighted by atomic mass is 9.92. The molecule has 0 aliphatic rings. The zero-order valence-corrected chi connectivity index (χ0v) is 32.5.